The molecule has 2 aliphatic heterocycles. The molecule has 2 heterocycles. The molecular weight excluding hydrogens is 420 g/mol. The zero-order valence-electron chi connectivity index (χ0n) is 18.7. The van der Waals surface area contributed by atoms with Crippen molar-refractivity contribution in [3.63, 3.8) is 0 Å². The second kappa shape index (κ2) is 8.21. The van der Waals surface area contributed by atoms with Crippen molar-refractivity contribution in [3.05, 3.63) is 59.7 Å². The van der Waals surface area contributed by atoms with E-state index in [1.165, 1.54) is 0 Å². The highest BCUT2D eigenvalue weighted by atomic mass is 16.5. The highest BCUT2D eigenvalue weighted by molar-refractivity contribution is 5.88. The number of nitrogens with zero attached hydrogens (tertiary/aromatic N) is 1. The van der Waals surface area contributed by atoms with Crippen LogP contribution >= 0.6 is 0 Å². The van der Waals surface area contributed by atoms with Crippen LogP contribution in [0.5, 0.6) is 0 Å². The Bertz CT molecular complexity index is 1070. The summed E-state index contributed by atoms with van der Waals surface area (Å²) in [5.74, 6) is -1.76. The standard InChI is InChI=1S/C26H28N2O5/c1-14(2)23(24(29)28-12-15-11-21(28)22(15)25(30)31)27-26(32)33-13-20-18-9-5-3-7-16(18)17-8-4-6-10-19(17)20/h3-10,14-15,20-23H,11-13H2,1-2H3,(H,27,32)(H,30,31)/t15?,21?,22?,23-/m1/s1. The summed E-state index contributed by atoms with van der Waals surface area (Å²) in [6.07, 6.45) is 0.0867. The number of aliphatic carboxylic acids is 1. The first-order valence-corrected chi connectivity index (χ1v) is 11.5. The van der Waals surface area contributed by atoms with Gasteiger partial charge in [-0.1, -0.05) is 62.4 Å². The van der Waals surface area contributed by atoms with E-state index in [1.807, 2.05) is 38.1 Å². The summed E-state index contributed by atoms with van der Waals surface area (Å²) in [5, 5.41) is 12.1. The highest BCUT2D eigenvalue weighted by Gasteiger charge is 2.57. The molecule has 33 heavy (non-hydrogen) atoms. The fourth-order valence-corrected chi connectivity index (χ4v) is 5.70. The van der Waals surface area contributed by atoms with E-state index in [9.17, 15) is 19.5 Å². The third kappa shape index (κ3) is 3.56. The number of hydrogen-bond donors (Lipinski definition) is 2. The van der Waals surface area contributed by atoms with Crippen LogP contribution in [0, 0.1) is 17.8 Å². The molecule has 4 aliphatic rings. The molecule has 172 valence electrons. The van der Waals surface area contributed by atoms with Crippen LogP contribution in [-0.2, 0) is 14.3 Å². The average molecular weight is 449 g/mol. The molecule has 2 aromatic rings. The van der Waals surface area contributed by atoms with E-state index in [1.54, 1.807) is 4.90 Å². The van der Waals surface area contributed by atoms with Crippen LogP contribution in [0.15, 0.2) is 48.5 Å². The van der Waals surface area contributed by atoms with Gasteiger partial charge in [0.05, 0.1) is 5.92 Å². The van der Waals surface area contributed by atoms with Gasteiger partial charge in [-0.15, -0.1) is 0 Å². The number of carboxylic acid groups (broad SMARTS) is 1. The van der Waals surface area contributed by atoms with Gasteiger partial charge in [0.2, 0.25) is 5.91 Å². The summed E-state index contributed by atoms with van der Waals surface area (Å²) < 4.78 is 5.61. The summed E-state index contributed by atoms with van der Waals surface area (Å²) in [7, 11) is 0. The maximum Gasteiger partial charge on any atom is 0.407 e. The van der Waals surface area contributed by atoms with Crippen molar-refractivity contribution in [2.24, 2.45) is 17.8 Å². The predicted molar refractivity (Wildman–Crippen MR) is 122 cm³/mol. The number of carboxylic acids is 1. The van der Waals surface area contributed by atoms with Crippen molar-refractivity contribution in [1.29, 1.82) is 0 Å². The zero-order valence-corrected chi connectivity index (χ0v) is 18.7. The molecule has 7 nitrogen and oxygen atoms in total. The number of hydrogen-bond acceptors (Lipinski definition) is 4. The van der Waals surface area contributed by atoms with Gasteiger partial charge in [-0.05, 0) is 40.5 Å². The number of nitrogens with one attached hydrogen (secondary N) is 1. The van der Waals surface area contributed by atoms with Crippen LogP contribution in [0.1, 0.15) is 37.3 Å². The molecule has 0 aromatic heterocycles. The SMILES string of the molecule is CC(C)[C@@H](NC(=O)OCC1c2ccccc2-c2ccccc21)C(=O)N1CC2CC1C2C(=O)O. The van der Waals surface area contributed by atoms with Crippen molar-refractivity contribution in [3.8, 4) is 11.1 Å². The van der Waals surface area contributed by atoms with Gasteiger partial charge in [-0.2, -0.15) is 0 Å². The van der Waals surface area contributed by atoms with E-state index in [4.69, 9.17) is 4.74 Å². The molecule has 2 bridgehead atoms. The predicted octanol–water partition coefficient (Wildman–Crippen LogP) is 3.48. The number of ether oxygens (including phenoxy) is 1. The molecule has 4 atom stereocenters. The van der Waals surface area contributed by atoms with Crippen molar-refractivity contribution in [2.45, 2.75) is 38.3 Å². The van der Waals surface area contributed by atoms with Crippen LogP contribution < -0.4 is 5.32 Å². The van der Waals surface area contributed by atoms with Crippen molar-refractivity contribution < 1.29 is 24.2 Å². The summed E-state index contributed by atoms with van der Waals surface area (Å²) in [6.45, 7) is 4.34. The number of rotatable bonds is 6. The van der Waals surface area contributed by atoms with E-state index < -0.39 is 24.0 Å². The van der Waals surface area contributed by atoms with E-state index >= 15 is 0 Å². The lowest BCUT2D eigenvalue weighted by molar-refractivity contribution is -0.148. The normalized spacial score (nSPS) is 23.5. The Labute approximate surface area is 192 Å². The minimum atomic E-state index is -0.850. The monoisotopic (exact) mass is 448 g/mol. The fourth-order valence-electron chi connectivity index (χ4n) is 5.70. The molecule has 2 N–H and O–H groups in total. The quantitative estimate of drug-likeness (QED) is 0.705. The Balaban J connectivity index is 1.25. The third-order valence-corrected chi connectivity index (χ3v) is 7.42. The molecule has 7 heteroatoms. The fraction of sp³-hybridized carbons (Fsp3) is 0.423. The molecule has 0 radical (unpaired) electrons. The molecule has 3 fully saturated rings. The smallest absolute Gasteiger partial charge is 0.407 e. The average Bonchev–Trinajstić information content (AvgIpc) is 3.46. The first-order valence-electron chi connectivity index (χ1n) is 11.5. The number of amides is 2. The Morgan fingerprint density at radius 1 is 1.06 bits per heavy atom. The third-order valence-electron chi connectivity index (χ3n) is 7.42. The topological polar surface area (TPSA) is 95.9 Å². The van der Waals surface area contributed by atoms with Gasteiger partial charge in [0.1, 0.15) is 12.6 Å². The van der Waals surface area contributed by atoms with Gasteiger partial charge in [-0.25, -0.2) is 4.79 Å². The largest absolute Gasteiger partial charge is 0.481 e. The van der Waals surface area contributed by atoms with Crippen LogP contribution in [-0.4, -0.2) is 53.2 Å². The van der Waals surface area contributed by atoms with E-state index in [0.29, 0.717) is 6.54 Å². The lowest BCUT2D eigenvalue weighted by Gasteiger charge is -2.34. The number of fused-ring (bicyclic) bond motifs is 4. The highest BCUT2D eigenvalue weighted by Crippen LogP contribution is 2.47. The summed E-state index contributed by atoms with van der Waals surface area (Å²) in [4.78, 5) is 39.0. The van der Waals surface area contributed by atoms with Crippen LogP contribution in [0.2, 0.25) is 0 Å². The Hall–Kier alpha value is -3.35. The first kappa shape index (κ1) is 21.5. The molecule has 0 spiro atoms. The summed E-state index contributed by atoms with van der Waals surface area (Å²) in [6, 6.07) is 15.2. The number of carbonyl (C=O) groups excluding carboxylic acids is 2. The zero-order chi connectivity index (χ0) is 23.3. The second-order valence-electron chi connectivity index (χ2n) is 9.61. The number of benzene rings is 2. The molecule has 2 amide bonds. The van der Waals surface area contributed by atoms with E-state index in [0.717, 1.165) is 28.7 Å². The molecule has 2 aliphatic carbocycles. The Morgan fingerprint density at radius 3 is 2.21 bits per heavy atom. The molecule has 2 aromatic carbocycles. The van der Waals surface area contributed by atoms with Crippen molar-refractivity contribution in [1.82, 2.24) is 10.2 Å². The number of carbonyl (C=O) groups is 3. The lowest BCUT2D eigenvalue weighted by atomic mass is 9.74. The molecule has 2 saturated heterocycles. The van der Waals surface area contributed by atoms with Gasteiger partial charge in [0.25, 0.3) is 0 Å². The number of alkyl carbamates (subject to hydrolysis) is 1. The van der Waals surface area contributed by atoms with Crippen molar-refractivity contribution >= 4 is 18.0 Å². The summed E-state index contributed by atoms with van der Waals surface area (Å²) in [5.41, 5.74) is 4.55. The van der Waals surface area contributed by atoms with Gasteiger partial charge in [0, 0.05) is 18.5 Å². The van der Waals surface area contributed by atoms with E-state index in [-0.39, 0.29) is 36.3 Å². The molecule has 1 saturated carbocycles. The molecule has 3 unspecified atom stereocenters. The van der Waals surface area contributed by atoms with Gasteiger partial charge in [0.15, 0.2) is 0 Å². The minimum Gasteiger partial charge on any atom is -0.481 e. The minimum absolute atomic E-state index is 0.0127. The Kier molecular flexibility index (Phi) is 5.35. The van der Waals surface area contributed by atoms with Crippen LogP contribution in [0.4, 0.5) is 4.79 Å². The first-order chi connectivity index (χ1) is 15.9. The second-order valence-corrected chi connectivity index (χ2v) is 9.61. The van der Waals surface area contributed by atoms with Crippen LogP contribution in [0.25, 0.3) is 11.1 Å². The Morgan fingerprint density at radius 2 is 1.67 bits per heavy atom. The van der Waals surface area contributed by atoms with Crippen LogP contribution in [0.3, 0.4) is 0 Å². The lowest BCUT2D eigenvalue weighted by Crippen LogP contribution is -2.53. The maximum atomic E-state index is 13.2. The van der Waals surface area contributed by atoms with Gasteiger partial charge >= 0.3 is 12.1 Å². The van der Waals surface area contributed by atoms with E-state index in [2.05, 4.69) is 29.6 Å². The van der Waals surface area contributed by atoms with Gasteiger partial charge < -0.3 is 20.1 Å². The molecule has 6 rings (SSSR count). The summed E-state index contributed by atoms with van der Waals surface area (Å²) >= 11 is 0. The molecular formula is C26H28N2O5. The van der Waals surface area contributed by atoms with Gasteiger partial charge in [-0.3, -0.25) is 9.59 Å². The van der Waals surface area contributed by atoms with Crippen molar-refractivity contribution in [2.75, 3.05) is 13.2 Å². The maximum absolute atomic E-state index is 13.2.